The van der Waals surface area contributed by atoms with E-state index in [4.69, 9.17) is 15.2 Å². The Morgan fingerprint density at radius 1 is 1.21 bits per heavy atom. The number of rotatable bonds is 4. The van der Waals surface area contributed by atoms with Crippen molar-refractivity contribution in [2.24, 2.45) is 7.05 Å². The number of nitrogens with one attached hydrogen (secondary N) is 1. The van der Waals surface area contributed by atoms with Crippen LogP contribution in [0.1, 0.15) is 5.69 Å². The molecule has 0 aliphatic carbocycles. The highest BCUT2D eigenvalue weighted by Crippen LogP contribution is 2.32. The first-order chi connectivity index (χ1) is 9.06. The van der Waals surface area contributed by atoms with Gasteiger partial charge in [-0.25, -0.2) is 0 Å². The molecule has 19 heavy (non-hydrogen) atoms. The third-order valence-electron chi connectivity index (χ3n) is 2.91. The van der Waals surface area contributed by atoms with Crippen molar-refractivity contribution in [3.05, 3.63) is 23.9 Å². The second kappa shape index (κ2) is 5.09. The maximum Gasteiger partial charge on any atom is 0.162 e. The molecule has 0 saturated heterocycles. The van der Waals surface area contributed by atoms with Gasteiger partial charge in [-0.15, -0.1) is 0 Å². The van der Waals surface area contributed by atoms with E-state index in [0.29, 0.717) is 17.2 Å². The minimum Gasteiger partial charge on any atom is -0.493 e. The number of nitrogens with zero attached hydrogens (tertiary/aromatic N) is 2. The van der Waals surface area contributed by atoms with E-state index in [9.17, 15) is 0 Å². The molecule has 6 nitrogen and oxygen atoms in total. The van der Waals surface area contributed by atoms with Crippen molar-refractivity contribution in [1.82, 2.24) is 9.78 Å². The monoisotopic (exact) mass is 262 g/mol. The smallest absolute Gasteiger partial charge is 0.162 e. The number of ether oxygens (including phenoxy) is 2. The number of anilines is 3. The predicted molar refractivity (Wildman–Crippen MR) is 75.2 cm³/mol. The van der Waals surface area contributed by atoms with Gasteiger partial charge >= 0.3 is 0 Å². The number of nitrogens with two attached hydrogens (primary N) is 1. The van der Waals surface area contributed by atoms with Crippen molar-refractivity contribution in [3.8, 4) is 11.5 Å². The Hall–Kier alpha value is -2.37. The summed E-state index contributed by atoms with van der Waals surface area (Å²) in [5, 5.41) is 7.48. The molecular weight excluding hydrogens is 244 g/mol. The van der Waals surface area contributed by atoms with E-state index >= 15 is 0 Å². The molecule has 102 valence electrons. The second-order valence-corrected chi connectivity index (χ2v) is 4.17. The fraction of sp³-hybridized carbons (Fsp3) is 0.308. The lowest BCUT2D eigenvalue weighted by Crippen LogP contribution is -2.01. The summed E-state index contributed by atoms with van der Waals surface area (Å²) in [5.74, 6) is 2.09. The van der Waals surface area contributed by atoms with Crippen LogP contribution in [-0.2, 0) is 7.05 Å². The van der Waals surface area contributed by atoms with E-state index in [1.165, 1.54) is 0 Å². The molecule has 0 fully saturated rings. The fourth-order valence-corrected chi connectivity index (χ4v) is 1.87. The zero-order chi connectivity index (χ0) is 14.0. The molecule has 0 unspecified atom stereocenters. The number of hydrogen-bond acceptors (Lipinski definition) is 5. The number of hydrogen-bond donors (Lipinski definition) is 2. The molecule has 0 saturated carbocycles. The third kappa shape index (κ3) is 2.42. The van der Waals surface area contributed by atoms with Gasteiger partial charge in [-0.2, -0.15) is 5.10 Å². The Morgan fingerprint density at radius 2 is 1.89 bits per heavy atom. The molecule has 3 N–H and O–H groups in total. The lowest BCUT2D eigenvalue weighted by molar-refractivity contribution is 0.355. The predicted octanol–water partition coefficient (Wildman–Crippen LogP) is 2.07. The van der Waals surface area contributed by atoms with E-state index < -0.39 is 0 Å². The number of aromatic nitrogens is 2. The zero-order valence-electron chi connectivity index (χ0n) is 11.5. The highest BCUT2D eigenvalue weighted by molar-refractivity contribution is 5.72. The largest absolute Gasteiger partial charge is 0.493 e. The number of methoxy groups -OCH3 is 2. The van der Waals surface area contributed by atoms with Gasteiger partial charge < -0.3 is 20.5 Å². The number of benzene rings is 1. The van der Waals surface area contributed by atoms with Crippen LogP contribution < -0.4 is 20.5 Å². The Bertz CT molecular complexity index is 593. The first-order valence-corrected chi connectivity index (χ1v) is 5.85. The summed E-state index contributed by atoms with van der Waals surface area (Å²) in [6.45, 7) is 1.87. The quantitative estimate of drug-likeness (QED) is 0.882. The SMILES string of the molecule is COc1ccc(Nc2c(N)c(C)nn2C)cc1OC. The lowest BCUT2D eigenvalue weighted by atomic mass is 10.2. The van der Waals surface area contributed by atoms with Crippen LogP contribution in [-0.4, -0.2) is 24.0 Å². The van der Waals surface area contributed by atoms with E-state index in [1.54, 1.807) is 18.9 Å². The lowest BCUT2D eigenvalue weighted by Gasteiger charge is -2.11. The maximum atomic E-state index is 5.98. The Balaban J connectivity index is 2.33. The van der Waals surface area contributed by atoms with Crippen molar-refractivity contribution in [2.45, 2.75) is 6.92 Å². The van der Waals surface area contributed by atoms with Gasteiger partial charge in [-0.1, -0.05) is 0 Å². The minimum atomic E-state index is 0.636. The summed E-state index contributed by atoms with van der Waals surface area (Å²) in [4.78, 5) is 0. The average molecular weight is 262 g/mol. The van der Waals surface area contributed by atoms with E-state index in [0.717, 1.165) is 17.2 Å². The van der Waals surface area contributed by atoms with Gasteiger partial charge in [0, 0.05) is 18.8 Å². The molecule has 0 radical (unpaired) electrons. The van der Waals surface area contributed by atoms with E-state index in [-0.39, 0.29) is 0 Å². The summed E-state index contributed by atoms with van der Waals surface area (Å²) < 4.78 is 12.2. The maximum absolute atomic E-state index is 5.98. The average Bonchev–Trinajstić information content (AvgIpc) is 2.65. The van der Waals surface area contributed by atoms with Crippen LogP contribution in [0.25, 0.3) is 0 Å². The topological polar surface area (TPSA) is 74.3 Å². The second-order valence-electron chi connectivity index (χ2n) is 4.17. The normalized spacial score (nSPS) is 10.3. The zero-order valence-corrected chi connectivity index (χ0v) is 11.5. The van der Waals surface area contributed by atoms with E-state index in [2.05, 4.69) is 10.4 Å². The molecule has 1 aromatic carbocycles. The van der Waals surface area contributed by atoms with Gasteiger partial charge in [0.15, 0.2) is 17.3 Å². The van der Waals surface area contributed by atoms with Crippen LogP contribution in [0.3, 0.4) is 0 Å². The van der Waals surface area contributed by atoms with Crippen LogP contribution in [0.15, 0.2) is 18.2 Å². The molecule has 1 aromatic heterocycles. The molecule has 0 amide bonds. The number of aryl methyl sites for hydroxylation is 2. The molecule has 6 heteroatoms. The van der Waals surface area contributed by atoms with Crippen LogP contribution in [0.2, 0.25) is 0 Å². The molecule has 0 bridgehead atoms. The first kappa shape index (κ1) is 13.1. The van der Waals surface area contributed by atoms with Gasteiger partial charge in [-0.05, 0) is 19.1 Å². The molecule has 0 aliphatic rings. The Labute approximate surface area is 112 Å². The minimum absolute atomic E-state index is 0.636. The summed E-state index contributed by atoms with van der Waals surface area (Å²) in [5.41, 5.74) is 8.26. The van der Waals surface area contributed by atoms with Crippen LogP contribution >= 0.6 is 0 Å². The van der Waals surface area contributed by atoms with Crippen molar-refractivity contribution < 1.29 is 9.47 Å². The van der Waals surface area contributed by atoms with Gasteiger partial charge in [0.1, 0.15) is 0 Å². The van der Waals surface area contributed by atoms with Gasteiger partial charge in [0.25, 0.3) is 0 Å². The van der Waals surface area contributed by atoms with Crippen LogP contribution in [0, 0.1) is 6.92 Å². The van der Waals surface area contributed by atoms with Gasteiger partial charge in [-0.3, -0.25) is 4.68 Å². The van der Waals surface area contributed by atoms with Crippen LogP contribution in [0.5, 0.6) is 11.5 Å². The molecule has 0 spiro atoms. The van der Waals surface area contributed by atoms with Crippen molar-refractivity contribution in [1.29, 1.82) is 0 Å². The standard InChI is InChI=1S/C13H18N4O2/c1-8-12(14)13(17(2)16-8)15-9-5-6-10(18-3)11(7-9)19-4/h5-7,15H,14H2,1-4H3. The first-order valence-electron chi connectivity index (χ1n) is 5.85. The highest BCUT2D eigenvalue weighted by Gasteiger charge is 2.11. The van der Waals surface area contributed by atoms with Crippen molar-refractivity contribution in [2.75, 3.05) is 25.3 Å². The number of nitrogen functional groups attached to an aromatic ring is 1. The summed E-state index contributed by atoms with van der Waals surface area (Å²) in [6, 6.07) is 5.57. The third-order valence-corrected chi connectivity index (χ3v) is 2.91. The molecule has 0 atom stereocenters. The molecule has 1 heterocycles. The van der Waals surface area contributed by atoms with E-state index in [1.807, 2.05) is 32.2 Å². The molecule has 2 rings (SSSR count). The highest BCUT2D eigenvalue weighted by atomic mass is 16.5. The molecule has 2 aromatic rings. The van der Waals surface area contributed by atoms with Crippen molar-refractivity contribution in [3.63, 3.8) is 0 Å². The Morgan fingerprint density at radius 3 is 2.42 bits per heavy atom. The summed E-state index contributed by atoms with van der Waals surface area (Å²) in [7, 11) is 5.05. The van der Waals surface area contributed by atoms with Gasteiger partial charge in [0.05, 0.1) is 25.6 Å². The molecule has 0 aliphatic heterocycles. The fourth-order valence-electron chi connectivity index (χ4n) is 1.87. The molecular formula is C13H18N4O2. The van der Waals surface area contributed by atoms with Crippen LogP contribution in [0.4, 0.5) is 17.2 Å². The summed E-state index contributed by atoms with van der Waals surface area (Å²) in [6.07, 6.45) is 0. The Kier molecular flexibility index (Phi) is 3.50. The van der Waals surface area contributed by atoms with Crippen molar-refractivity contribution >= 4 is 17.2 Å². The van der Waals surface area contributed by atoms with Gasteiger partial charge in [0.2, 0.25) is 0 Å². The summed E-state index contributed by atoms with van der Waals surface area (Å²) >= 11 is 0.